The Morgan fingerprint density at radius 2 is 0.907 bits per heavy atom. The van der Waals surface area contributed by atoms with E-state index in [4.69, 9.17) is 5.10 Å². The van der Waals surface area contributed by atoms with E-state index in [1.165, 1.54) is 16.7 Å². The summed E-state index contributed by atoms with van der Waals surface area (Å²) in [5.74, 6) is 0. The van der Waals surface area contributed by atoms with Crippen molar-refractivity contribution in [2.24, 2.45) is 0 Å². The number of nitrogens with zero attached hydrogens (tertiary/aromatic N) is 3. The summed E-state index contributed by atoms with van der Waals surface area (Å²) in [6, 6.07) is 59.6. The summed E-state index contributed by atoms with van der Waals surface area (Å²) in [5.41, 5.74) is 12.2. The van der Waals surface area contributed by atoms with Crippen molar-refractivity contribution >= 4 is 17.1 Å². The van der Waals surface area contributed by atoms with E-state index in [2.05, 4.69) is 170 Å². The highest BCUT2D eigenvalue weighted by Gasteiger charge is 2.16. The van der Waals surface area contributed by atoms with Crippen molar-refractivity contribution < 1.29 is 0 Å². The van der Waals surface area contributed by atoms with Crippen LogP contribution < -0.4 is 4.90 Å². The van der Waals surface area contributed by atoms with Crippen LogP contribution in [-0.4, -0.2) is 9.78 Å². The maximum absolute atomic E-state index is 5.06. The monoisotopic (exact) mass is 553 g/mol. The van der Waals surface area contributed by atoms with Gasteiger partial charge in [-0.1, -0.05) is 121 Å². The minimum Gasteiger partial charge on any atom is -0.311 e. The summed E-state index contributed by atoms with van der Waals surface area (Å²) in [4.78, 5) is 2.29. The van der Waals surface area contributed by atoms with Crippen LogP contribution in [0.5, 0.6) is 0 Å². The van der Waals surface area contributed by atoms with Gasteiger partial charge in [0.1, 0.15) is 0 Å². The number of aryl methyl sites for hydroxylation is 1. The highest BCUT2D eigenvalue weighted by atomic mass is 15.3. The van der Waals surface area contributed by atoms with Crippen LogP contribution in [0.3, 0.4) is 0 Å². The zero-order valence-electron chi connectivity index (χ0n) is 24.0. The molecule has 7 aromatic rings. The first-order valence-corrected chi connectivity index (χ1v) is 14.6. The third-order valence-electron chi connectivity index (χ3n) is 7.73. The van der Waals surface area contributed by atoms with Gasteiger partial charge in [0.15, 0.2) is 0 Å². The van der Waals surface area contributed by atoms with Gasteiger partial charge in [0.25, 0.3) is 0 Å². The van der Waals surface area contributed by atoms with Gasteiger partial charge in [-0.2, -0.15) is 5.10 Å². The topological polar surface area (TPSA) is 21.1 Å². The summed E-state index contributed by atoms with van der Waals surface area (Å²) in [5, 5.41) is 5.06. The Morgan fingerprint density at radius 3 is 1.49 bits per heavy atom. The van der Waals surface area contributed by atoms with Crippen LogP contribution in [0.1, 0.15) is 5.56 Å². The minimum atomic E-state index is 0.947. The second-order valence-corrected chi connectivity index (χ2v) is 10.7. The third-order valence-corrected chi connectivity index (χ3v) is 7.73. The van der Waals surface area contributed by atoms with Crippen LogP contribution in [0.2, 0.25) is 0 Å². The van der Waals surface area contributed by atoms with Crippen LogP contribution >= 0.6 is 0 Å². The fraction of sp³-hybridized carbons (Fsp3) is 0.0250. The van der Waals surface area contributed by atoms with Gasteiger partial charge >= 0.3 is 0 Å². The van der Waals surface area contributed by atoms with Crippen molar-refractivity contribution in [3.05, 3.63) is 175 Å². The number of benzene rings is 6. The smallest absolute Gasteiger partial charge is 0.0934 e. The van der Waals surface area contributed by atoms with E-state index < -0.39 is 0 Å². The van der Waals surface area contributed by atoms with Crippen LogP contribution in [0, 0.1) is 6.92 Å². The van der Waals surface area contributed by atoms with E-state index in [1.54, 1.807) is 0 Å². The lowest BCUT2D eigenvalue weighted by Gasteiger charge is -2.26. The molecule has 0 fully saturated rings. The standard InChI is InChI=1S/C40H31N3/c1-30-17-19-31(20-18-30)32-21-23-36(24-22-32)42(35-15-9-4-10-16-35)37-25-27-38(28-26-37)43-40(34-13-7-3-8-14-34)29-39(41-43)33-11-5-2-6-12-33/h2-29H,1H3. The first-order valence-electron chi connectivity index (χ1n) is 14.6. The molecule has 206 valence electrons. The zero-order chi connectivity index (χ0) is 29.0. The average molecular weight is 554 g/mol. The Hall–Kier alpha value is -5.67. The number of anilines is 3. The largest absolute Gasteiger partial charge is 0.311 e. The molecule has 0 unspecified atom stereocenters. The fourth-order valence-electron chi connectivity index (χ4n) is 5.46. The molecule has 0 saturated carbocycles. The molecule has 0 atom stereocenters. The van der Waals surface area contributed by atoms with E-state index in [0.29, 0.717) is 0 Å². The Labute approximate surface area is 253 Å². The van der Waals surface area contributed by atoms with E-state index in [1.807, 2.05) is 16.8 Å². The quantitative estimate of drug-likeness (QED) is 0.196. The predicted octanol–water partition coefficient (Wildman–Crippen LogP) is 10.7. The SMILES string of the molecule is Cc1ccc(-c2ccc(N(c3ccccc3)c3ccc(-n4nc(-c5ccccc5)cc4-c4ccccc4)cc3)cc2)cc1. The lowest BCUT2D eigenvalue weighted by Crippen LogP contribution is -2.10. The van der Waals surface area contributed by atoms with Gasteiger partial charge in [-0.15, -0.1) is 0 Å². The number of hydrogen-bond donors (Lipinski definition) is 0. The molecule has 43 heavy (non-hydrogen) atoms. The molecule has 1 aromatic heterocycles. The molecule has 0 amide bonds. The van der Waals surface area contributed by atoms with E-state index in [9.17, 15) is 0 Å². The Morgan fingerprint density at radius 1 is 0.442 bits per heavy atom. The molecule has 0 bridgehead atoms. The molecular formula is C40H31N3. The second kappa shape index (κ2) is 11.7. The second-order valence-electron chi connectivity index (χ2n) is 10.7. The molecule has 0 aliphatic carbocycles. The highest BCUT2D eigenvalue weighted by Crippen LogP contribution is 2.36. The van der Waals surface area contributed by atoms with E-state index in [0.717, 1.165) is 45.3 Å². The molecule has 0 spiro atoms. The van der Waals surface area contributed by atoms with Gasteiger partial charge in [-0.3, -0.25) is 0 Å². The number of para-hydroxylation sites is 1. The molecule has 1 heterocycles. The summed E-state index contributed by atoms with van der Waals surface area (Å²) in [6.45, 7) is 2.12. The Bertz CT molecular complexity index is 1920. The zero-order valence-corrected chi connectivity index (χ0v) is 24.0. The Kier molecular flexibility index (Phi) is 7.12. The van der Waals surface area contributed by atoms with Crippen molar-refractivity contribution in [3.8, 4) is 39.3 Å². The lowest BCUT2D eigenvalue weighted by molar-refractivity contribution is 0.892. The number of rotatable bonds is 7. The fourth-order valence-corrected chi connectivity index (χ4v) is 5.46. The van der Waals surface area contributed by atoms with Crippen LogP contribution in [-0.2, 0) is 0 Å². The van der Waals surface area contributed by atoms with Crippen molar-refractivity contribution in [3.63, 3.8) is 0 Å². The van der Waals surface area contributed by atoms with Crippen LogP contribution in [0.4, 0.5) is 17.1 Å². The predicted molar refractivity (Wildman–Crippen MR) is 179 cm³/mol. The van der Waals surface area contributed by atoms with Crippen LogP contribution in [0.15, 0.2) is 170 Å². The molecular weight excluding hydrogens is 522 g/mol. The van der Waals surface area contributed by atoms with Crippen molar-refractivity contribution in [1.29, 1.82) is 0 Å². The molecule has 7 rings (SSSR count). The molecule has 0 aliphatic rings. The Balaban J connectivity index is 1.27. The van der Waals surface area contributed by atoms with Crippen molar-refractivity contribution in [2.45, 2.75) is 6.92 Å². The third kappa shape index (κ3) is 5.49. The molecule has 3 nitrogen and oxygen atoms in total. The van der Waals surface area contributed by atoms with Gasteiger partial charge in [-0.05, 0) is 72.6 Å². The lowest BCUT2D eigenvalue weighted by atomic mass is 10.0. The van der Waals surface area contributed by atoms with Crippen molar-refractivity contribution in [1.82, 2.24) is 9.78 Å². The van der Waals surface area contributed by atoms with Gasteiger partial charge in [-0.25, -0.2) is 4.68 Å². The summed E-state index contributed by atoms with van der Waals surface area (Å²) >= 11 is 0. The van der Waals surface area contributed by atoms with E-state index in [-0.39, 0.29) is 0 Å². The highest BCUT2D eigenvalue weighted by molar-refractivity contribution is 5.79. The van der Waals surface area contributed by atoms with Gasteiger partial charge in [0.2, 0.25) is 0 Å². The molecule has 6 aromatic carbocycles. The molecule has 0 aliphatic heterocycles. The maximum atomic E-state index is 5.06. The maximum Gasteiger partial charge on any atom is 0.0934 e. The summed E-state index contributed by atoms with van der Waals surface area (Å²) in [7, 11) is 0. The summed E-state index contributed by atoms with van der Waals surface area (Å²) < 4.78 is 2.05. The van der Waals surface area contributed by atoms with Crippen molar-refractivity contribution in [2.75, 3.05) is 4.90 Å². The molecule has 0 radical (unpaired) electrons. The summed E-state index contributed by atoms with van der Waals surface area (Å²) in [6.07, 6.45) is 0. The molecule has 3 heteroatoms. The molecule has 0 saturated heterocycles. The van der Waals surface area contributed by atoms with Gasteiger partial charge in [0.05, 0.1) is 17.1 Å². The first kappa shape index (κ1) is 26.2. The normalized spacial score (nSPS) is 10.9. The van der Waals surface area contributed by atoms with Gasteiger partial charge < -0.3 is 4.90 Å². The minimum absolute atomic E-state index is 0.947. The number of hydrogen-bond acceptors (Lipinski definition) is 2. The van der Waals surface area contributed by atoms with E-state index >= 15 is 0 Å². The van der Waals surface area contributed by atoms with Crippen LogP contribution in [0.25, 0.3) is 39.3 Å². The molecule has 0 N–H and O–H groups in total. The average Bonchev–Trinajstić information content (AvgIpc) is 3.53. The number of aromatic nitrogens is 2. The first-order chi connectivity index (χ1) is 21.2. The van der Waals surface area contributed by atoms with Gasteiger partial charge in [0, 0.05) is 28.2 Å².